The van der Waals surface area contributed by atoms with Gasteiger partial charge in [-0.05, 0) is 66.6 Å². The molecular weight excluding hydrogens is 484 g/mol. The van der Waals surface area contributed by atoms with Crippen LogP contribution >= 0.6 is 0 Å². The molecule has 0 unspecified atom stereocenters. The lowest BCUT2D eigenvalue weighted by molar-refractivity contribution is -0.402. The van der Waals surface area contributed by atoms with Crippen LogP contribution < -0.4 is 10.2 Å². The van der Waals surface area contributed by atoms with Gasteiger partial charge in [-0.3, -0.25) is 14.9 Å². The minimum atomic E-state index is -0.659. The third kappa shape index (κ3) is 5.57. The molecular formula is C29H22N4O5. The highest BCUT2D eigenvalue weighted by Gasteiger charge is 2.12. The van der Waals surface area contributed by atoms with Gasteiger partial charge in [-0.1, -0.05) is 42.0 Å². The molecule has 2 aromatic heterocycles. The number of pyridine rings is 1. The molecule has 9 nitrogen and oxygen atoms in total. The molecule has 5 aromatic rings. The van der Waals surface area contributed by atoms with E-state index in [1.807, 2.05) is 36.4 Å². The number of carbonyl (C=O) groups is 1. The van der Waals surface area contributed by atoms with E-state index in [1.54, 1.807) is 12.1 Å². The highest BCUT2D eigenvalue weighted by molar-refractivity contribution is 5.97. The van der Waals surface area contributed by atoms with Crippen LogP contribution in [0.2, 0.25) is 0 Å². The third-order valence-electron chi connectivity index (χ3n) is 5.74. The minimum Gasteiger partial charge on any atom is -0.484 e. The molecule has 0 atom stereocenters. The zero-order valence-corrected chi connectivity index (χ0v) is 20.3. The number of amides is 1. The molecule has 0 saturated carbocycles. The number of fused-ring (bicyclic) bond motifs is 1. The second kappa shape index (κ2) is 10.8. The number of benzene rings is 3. The first-order valence-electron chi connectivity index (χ1n) is 11.7. The number of hydrazone groups is 1. The van der Waals surface area contributed by atoms with Crippen LogP contribution in [0.25, 0.3) is 33.3 Å². The second-order valence-electron chi connectivity index (χ2n) is 8.48. The van der Waals surface area contributed by atoms with Crippen molar-refractivity contribution in [2.24, 2.45) is 5.10 Å². The molecule has 1 N–H and O–H groups in total. The van der Waals surface area contributed by atoms with Crippen LogP contribution in [0.15, 0.2) is 101 Å². The third-order valence-corrected chi connectivity index (χ3v) is 5.74. The first-order chi connectivity index (χ1) is 18.5. The summed E-state index contributed by atoms with van der Waals surface area (Å²) in [5, 5.41) is 15.4. The first-order valence-corrected chi connectivity index (χ1v) is 11.7. The Hall–Kier alpha value is -5.31. The van der Waals surface area contributed by atoms with Gasteiger partial charge in [0.05, 0.1) is 23.5 Å². The number of nitro groups is 1. The number of nitrogens with one attached hydrogen (secondary N) is 1. The van der Waals surface area contributed by atoms with Gasteiger partial charge < -0.3 is 9.15 Å². The van der Waals surface area contributed by atoms with Crippen molar-refractivity contribution in [3.63, 3.8) is 0 Å². The predicted molar refractivity (Wildman–Crippen MR) is 144 cm³/mol. The van der Waals surface area contributed by atoms with Crippen LogP contribution in [-0.2, 0) is 4.79 Å². The highest BCUT2D eigenvalue weighted by atomic mass is 16.6. The zero-order chi connectivity index (χ0) is 26.5. The van der Waals surface area contributed by atoms with Crippen LogP contribution in [0.1, 0.15) is 11.3 Å². The Labute approximate surface area is 217 Å². The molecule has 38 heavy (non-hydrogen) atoms. The summed E-state index contributed by atoms with van der Waals surface area (Å²) in [4.78, 5) is 26.9. The van der Waals surface area contributed by atoms with Gasteiger partial charge in [-0.25, -0.2) is 10.4 Å². The Kier molecular flexibility index (Phi) is 6.90. The van der Waals surface area contributed by atoms with E-state index in [0.29, 0.717) is 5.75 Å². The maximum atomic E-state index is 12.0. The molecule has 1 amide bonds. The summed E-state index contributed by atoms with van der Waals surface area (Å²) in [6, 6.07) is 28.5. The second-order valence-corrected chi connectivity index (χ2v) is 8.48. The van der Waals surface area contributed by atoms with Crippen molar-refractivity contribution in [2.45, 2.75) is 6.92 Å². The lowest BCUT2D eigenvalue weighted by Gasteiger charge is -2.12. The van der Waals surface area contributed by atoms with E-state index in [9.17, 15) is 14.9 Å². The molecule has 2 heterocycles. The minimum absolute atomic E-state index is 0.140. The Morgan fingerprint density at radius 1 is 1.03 bits per heavy atom. The number of ether oxygens (including phenoxy) is 1. The average Bonchev–Trinajstić information content (AvgIpc) is 3.41. The van der Waals surface area contributed by atoms with Crippen LogP contribution in [-0.4, -0.2) is 28.6 Å². The maximum absolute atomic E-state index is 12.0. The average molecular weight is 507 g/mol. The summed E-state index contributed by atoms with van der Waals surface area (Å²) in [5.41, 5.74) is 8.34. The molecule has 0 fully saturated rings. The Balaban J connectivity index is 1.27. The van der Waals surface area contributed by atoms with Crippen molar-refractivity contribution in [3.8, 4) is 28.1 Å². The van der Waals surface area contributed by atoms with E-state index in [1.165, 1.54) is 23.9 Å². The fraction of sp³-hybridized carbons (Fsp3) is 0.0690. The van der Waals surface area contributed by atoms with Gasteiger partial charge in [0.15, 0.2) is 12.4 Å². The van der Waals surface area contributed by atoms with Crippen molar-refractivity contribution in [1.29, 1.82) is 0 Å². The van der Waals surface area contributed by atoms with Crippen LogP contribution in [0, 0.1) is 17.0 Å². The van der Waals surface area contributed by atoms with E-state index in [2.05, 4.69) is 47.8 Å². The number of furan rings is 1. The molecule has 3 aromatic carbocycles. The quantitative estimate of drug-likeness (QED) is 0.159. The number of carbonyl (C=O) groups excluding carboxylic acids is 1. The summed E-state index contributed by atoms with van der Waals surface area (Å²) in [6.07, 6.45) is 1.17. The summed E-state index contributed by atoms with van der Waals surface area (Å²) in [5.74, 6) is -0.254. The lowest BCUT2D eigenvalue weighted by atomic mass is 9.97. The summed E-state index contributed by atoms with van der Waals surface area (Å²) < 4.78 is 10.5. The van der Waals surface area contributed by atoms with Gasteiger partial charge in [0.25, 0.3) is 5.91 Å². The lowest BCUT2D eigenvalue weighted by Crippen LogP contribution is -2.24. The summed E-state index contributed by atoms with van der Waals surface area (Å²) in [6.45, 7) is 1.81. The molecule has 0 aliphatic rings. The predicted octanol–water partition coefficient (Wildman–Crippen LogP) is 5.91. The molecule has 0 aliphatic carbocycles. The molecule has 0 saturated heterocycles. The molecule has 0 radical (unpaired) electrons. The molecule has 5 rings (SSSR count). The number of hydrogen-bond donors (Lipinski definition) is 1. The monoisotopic (exact) mass is 506 g/mol. The first kappa shape index (κ1) is 24.4. The van der Waals surface area contributed by atoms with Crippen LogP contribution in [0.4, 0.5) is 5.88 Å². The number of nitrogens with zero attached hydrogens (tertiary/aromatic N) is 3. The van der Waals surface area contributed by atoms with E-state index in [-0.39, 0.29) is 12.4 Å². The van der Waals surface area contributed by atoms with Gasteiger partial charge in [0.1, 0.15) is 10.7 Å². The van der Waals surface area contributed by atoms with Gasteiger partial charge >= 0.3 is 5.88 Å². The standard InChI is InChI=1S/C29H22N4O5/c1-19-7-13-26-25(15-19)24(20-5-3-2-4-6-20)16-27(31-26)21-8-10-22(11-9-21)37-18-28(34)32-30-17-23-12-14-29(38-23)33(35)36/h2-17H,18H2,1H3,(H,32,34)/b30-17+. The van der Waals surface area contributed by atoms with Crippen molar-refractivity contribution in [1.82, 2.24) is 10.4 Å². The normalized spacial score (nSPS) is 11.1. The Morgan fingerprint density at radius 3 is 2.55 bits per heavy atom. The van der Waals surface area contributed by atoms with E-state index in [0.717, 1.165) is 33.3 Å². The van der Waals surface area contributed by atoms with Crippen molar-refractivity contribution < 1.29 is 18.9 Å². The smallest absolute Gasteiger partial charge is 0.433 e. The van der Waals surface area contributed by atoms with Crippen LogP contribution in [0.3, 0.4) is 0 Å². The van der Waals surface area contributed by atoms with E-state index in [4.69, 9.17) is 14.1 Å². The number of aromatic nitrogens is 1. The number of hydrogen-bond acceptors (Lipinski definition) is 7. The van der Waals surface area contributed by atoms with Gasteiger partial charge in [0.2, 0.25) is 0 Å². The summed E-state index contributed by atoms with van der Waals surface area (Å²) in [7, 11) is 0. The van der Waals surface area contributed by atoms with Gasteiger partial charge in [-0.15, -0.1) is 0 Å². The topological polar surface area (TPSA) is 120 Å². The van der Waals surface area contributed by atoms with Gasteiger partial charge in [-0.2, -0.15) is 5.10 Å². The zero-order valence-electron chi connectivity index (χ0n) is 20.3. The van der Waals surface area contributed by atoms with Crippen molar-refractivity contribution >= 4 is 28.9 Å². The van der Waals surface area contributed by atoms with Gasteiger partial charge in [0, 0.05) is 10.9 Å². The molecule has 188 valence electrons. The fourth-order valence-corrected chi connectivity index (χ4v) is 3.92. The van der Waals surface area contributed by atoms with Crippen molar-refractivity contribution in [3.05, 3.63) is 112 Å². The molecule has 0 bridgehead atoms. The largest absolute Gasteiger partial charge is 0.484 e. The van der Waals surface area contributed by atoms with Crippen molar-refractivity contribution in [2.75, 3.05) is 6.61 Å². The van der Waals surface area contributed by atoms with Crippen LogP contribution in [0.5, 0.6) is 5.75 Å². The number of rotatable bonds is 8. The highest BCUT2D eigenvalue weighted by Crippen LogP contribution is 2.33. The van der Waals surface area contributed by atoms with E-state index >= 15 is 0 Å². The molecule has 0 aliphatic heterocycles. The SMILES string of the molecule is Cc1ccc2nc(-c3ccc(OCC(=O)N/N=C/c4ccc([N+](=O)[O-])o4)cc3)cc(-c3ccccc3)c2c1. The number of aryl methyl sites for hydroxylation is 1. The molecule has 0 spiro atoms. The maximum Gasteiger partial charge on any atom is 0.433 e. The Morgan fingerprint density at radius 2 is 1.82 bits per heavy atom. The Bertz CT molecular complexity index is 1640. The van der Waals surface area contributed by atoms with E-state index < -0.39 is 16.7 Å². The fourth-order valence-electron chi connectivity index (χ4n) is 3.92. The summed E-state index contributed by atoms with van der Waals surface area (Å²) >= 11 is 0. The molecule has 9 heteroatoms.